The Kier molecular flexibility index (Phi) is 6.76. The molecule has 3 rings (SSSR count). The van der Waals surface area contributed by atoms with Gasteiger partial charge in [0.15, 0.2) is 17.6 Å². The molecule has 6 nitrogen and oxygen atoms in total. The maximum absolute atomic E-state index is 12.7. The van der Waals surface area contributed by atoms with Gasteiger partial charge in [-0.05, 0) is 49.9 Å². The first-order valence-corrected chi connectivity index (χ1v) is 9.74. The highest BCUT2D eigenvalue weighted by atomic mass is 16.5. The number of carbonyl (C=O) groups excluding carboxylic acids is 1. The smallest absolute Gasteiger partial charge is 0.265 e. The monoisotopic (exact) mass is 383 g/mol. The quantitative estimate of drug-likeness (QED) is 0.795. The van der Waals surface area contributed by atoms with Gasteiger partial charge in [-0.15, -0.1) is 0 Å². The number of methoxy groups -OCH3 is 1. The number of para-hydroxylation sites is 2. The van der Waals surface area contributed by atoms with Crippen molar-refractivity contribution in [2.75, 3.05) is 50.6 Å². The van der Waals surface area contributed by atoms with Crippen LogP contribution in [0.1, 0.15) is 13.3 Å². The fraction of sp³-hybridized carbons (Fsp3) is 0.409. The Bertz CT molecular complexity index is 771. The number of benzene rings is 2. The molecule has 0 unspecified atom stereocenters. The van der Waals surface area contributed by atoms with E-state index in [1.165, 1.54) is 5.69 Å². The standard InChI is InChI=1S/C22H29N3O3/c1-4-19(28-21-8-6-5-7-20(21)27-3)22(26)23-17-9-11-18(12-10-17)25-15-13-24(2)14-16-25/h5-12,19H,4,13-16H2,1-3H3,(H,23,26)/t19-/m0/s1. The molecule has 1 amide bonds. The minimum Gasteiger partial charge on any atom is -0.493 e. The van der Waals surface area contributed by atoms with Gasteiger partial charge in [-0.1, -0.05) is 19.1 Å². The lowest BCUT2D eigenvalue weighted by atomic mass is 10.2. The number of carbonyl (C=O) groups is 1. The lowest BCUT2D eigenvalue weighted by Gasteiger charge is -2.34. The summed E-state index contributed by atoms with van der Waals surface area (Å²) in [5.41, 5.74) is 1.95. The number of nitrogens with zero attached hydrogens (tertiary/aromatic N) is 2. The number of hydrogen-bond acceptors (Lipinski definition) is 5. The van der Waals surface area contributed by atoms with E-state index in [2.05, 4.69) is 34.3 Å². The van der Waals surface area contributed by atoms with E-state index < -0.39 is 6.10 Å². The molecule has 1 aliphatic rings. The number of rotatable bonds is 7. The largest absolute Gasteiger partial charge is 0.493 e. The molecule has 150 valence electrons. The molecule has 1 saturated heterocycles. The lowest BCUT2D eigenvalue weighted by molar-refractivity contribution is -0.122. The van der Waals surface area contributed by atoms with Gasteiger partial charge in [0, 0.05) is 37.6 Å². The van der Waals surface area contributed by atoms with Crippen molar-refractivity contribution in [1.82, 2.24) is 4.90 Å². The van der Waals surface area contributed by atoms with E-state index in [9.17, 15) is 4.79 Å². The van der Waals surface area contributed by atoms with Crippen LogP contribution in [-0.4, -0.2) is 57.2 Å². The van der Waals surface area contributed by atoms with Crippen LogP contribution < -0.4 is 19.7 Å². The summed E-state index contributed by atoms with van der Waals surface area (Å²) in [6.07, 6.45) is -0.0305. The van der Waals surface area contributed by atoms with E-state index in [0.717, 1.165) is 31.9 Å². The maximum Gasteiger partial charge on any atom is 0.265 e. The van der Waals surface area contributed by atoms with Crippen molar-refractivity contribution in [1.29, 1.82) is 0 Å². The molecular weight excluding hydrogens is 354 g/mol. The predicted octanol–water partition coefficient (Wildman–Crippen LogP) is 3.24. The van der Waals surface area contributed by atoms with Crippen LogP contribution in [-0.2, 0) is 4.79 Å². The highest BCUT2D eigenvalue weighted by Gasteiger charge is 2.20. The third kappa shape index (κ3) is 4.95. The highest BCUT2D eigenvalue weighted by molar-refractivity contribution is 5.94. The first kappa shape index (κ1) is 20.0. The number of nitrogens with one attached hydrogen (secondary N) is 1. The van der Waals surface area contributed by atoms with Gasteiger partial charge in [0.25, 0.3) is 5.91 Å². The van der Waals surface area contributed by atoms with Crippen molar-refractivity contribution in [3.8, 4) is 11.5 Å². The predicted molar refractivity (Wildman–Crippen MR) is 112 cm³/mol. The van der Waals surface area contributed by atoms with E-state index in [-0.39, 0.29) is 5.91 Å². The van der Waals surface area contributed by atoms with Gasteiger partial charge in [0.1, 0.15) is 0 Å². The average molecular weight is 383 g/mol. The summed E-state index contributed by atoms with van der Waals surface area (Å²) in [5.74, 6) is 1.02. The van der Waals surface area contributed by atoms with Crippen molar-refractivity contribution >= 4 is 17.3 Å². The van der Waals surface area contributed by atoms with Gasteiger partial charge in [0.2, 0.25) is 0 Å². The van der Waals surface area contributed by atoms with Gasteiger partial charge >= 0.3 is 0 Å². The van der Waals surface area contributed by atoms with E-state index >= 15 is 0 Å². The molecule has 2 aromatic rings. The minimum absolute atomic E-state index is 0.166. The molecule has 0 aromatic heterocycles. The molecule has 1 aliphatic heterocycles. The lowest BCUT2D eigenvalue weighted by Crippen LogP contribution is -2.44. The van der Waals surface area contributed by atoms with Gasteiger partial charge in [-0.25, -0.2) is 0 Å². The highest BCUT2D eigenvalue weighted by Crippen LogP contribution is 2.27. The van der Waals surface area contributed by atoms with Crippen molar-refractivity contribution < 1.29 is 14.3 Å². The number of anilines is 2. The number of likely N-dealkylation sites (N-methyl/N-ethyl adjacent to an activating group) is 1. The number of ether oxygens (including phenoxy) is 2. The fourth-order valence-corrected chi connectivity index (χ4v) is 3.23. The van der Waals surface area contributed by atoms with Crippen LogP contribution in [0.5, 0.6) is 11.5 Å². The topological polar surface area (TPSA) is 54.0 Å². The summed E-state index contributed by atoms with van der Waals surface area (Å²) in [5, 5.41) is 2.96. The molecule has 0 spiro atoms. The summed E-state index contributed by atoms with van der Waals surface area (Å²) in [6, 6.07) is 15.4. The second-order valence-electron chi connectivity index (χ2n) is 6.99. The molecule has 1 fully saturated rings. The Morgan fingerprint density at radius 3 is 2.29 bits per heavy atom. The van der Waals surface area contributed by atoms with Crippen molar-refractivity contribution in [2.45, 2.75) is 19.4 Å². The summed E-state index contributed by atoms with van der Waals surface area (Å²) >= 11 is 0. The van der Waals surface area contributed by atoms with E-state index in [1.807, 2.05) is 37.3 Å². The average Bonchev–Trinajstić information content (AvgIpc) is 2.73. The van der Waals surface area contributed by atoms with Crippen LogP contribution in [0, 0.1) is 0 Å². The minimum atomic E-state index is -0.589. The summed E-state index contributed by atoms with van der Waals surface area (Å²) in [4.78, 5) is 17.4. The molecular formula is C22H29N3O3. The van der Waals surface area contributed by atoms with Crippen LogP contribution in [0.4, 0.5) is 11.4 Å². The number of amides is 1. The van der Waals surface area contributed by atoms with Crippen LogP contribution in [0.2, 0.25) is 0 Å². The molecule has 1 heterocycles. The Morgan fingerprint density at radius 1 is 1.04 bits per heavy atom. The molecule has 1 N–H and O–H groups in total. The van der Waals surface area contributed by atoms with Crippen LogP contribution in [0.25, 0.3) is 0 Å². The molecule has 0 aliphatic carbocycles. The second-order valence-corrected chi connectivity index (χ2v) is 6.99. The van der Waals surface area contributed by atoms with Crippen LogP contribution in [0.3, 0.4) is 0 Å². The third-order valence-corrected chi connectivity index (χ3v) is 5.00. The zero-order chi connectivity index (χ0) is 19.9. The normalized spacial score (nSPS) is 15.8. The Hall–Kier alpha value is -2.73. The number of piperazine rings is 1. The Morgan fingerprint density at radius 2 is 1.68 bits per heavy atom. The summed E-state index contributed by atoms with van der Waals surface area (Å²) < 4.78 is 11.2. The van der Waals surface area contributed by atoms with Crippen LogP contribution in [0.15, 0.2) is 48.5 Å². The molecule has 0 saturated carbocycles. The first-order chi connectivity index (χ1) is 13.6. The van der Waals surface area contributed by atoms with Crippen molar-refractivity contribution in [3.05, 3.63) is 48.5 Å². The summed E-state index contributed by atoms with van der Waals surface area (Å²) in [6.45, 7) is 6.10. The Balaban J connectivity index is 1.61. The van der Waals surface area contributed by atoms with Crippen molar-refractivity contribution in [3.63, 3.8) is 0 Å². The van der Waals surface area contributed by atoms with E-state index in [0.29, 0.717) is 17.9 Å². The second kappa shape index (κ2) is 9.46. The van der Waals surface area contributed by atoms with Gasteiger partial charge < -0.3 is 24.6 Å². The van der Waals surface area contributed by atoms with Crippen LogP contribution >= 0.6 is 0 Å². The zero-order valence-electron chi connectivity index (χ0n) is 16.9. The van der Waals surface area contributed by atoms with Gasteiger partial charge in [0.05, 0.1) is 7.11 Å². The Labute approximate surface area is 167 Å². The first-order valence-electron chi connectivity index (χ1n) is 9.74. The maximum atomic E-state index is 12.7. The fourth-order valence-electron chi connectivity index (χ4n) is 3.23. The van der Waals surface area contributed by atoms with E-state index in [1.54, 1.807) is 13.2 Å². The van der Waals surface area contributed by atoms with Gasteiger partial charge in [-0.3, -0.25) is 4.79 Å². The summed E-state index contributed by atoms with van der Waals surface area (Å²) in [7, 11) is 3.73. The van der Waals surface area contributed by atoms with E-state index in [4.69, 9.17) is 9.47 Å². The SMILES string of the molecule is CC[C@H](Oc1ccccc1OC)C(=O)Nc1ccc(N2CCN(C)CC2)cc1. The molecule has 1 atom stereocenters. The molecule has 0 bridgehead atoms. The molecule has 28 heavy (non-hydrogen) atoms. The van der Waals surface area contributed by atoms with Gasteiger partial charge in [-0.2, -0.15) is 0 Å². The molecule has 2 aromatic carbocycles. The van der Waals surface area contributed by atoms with Crippen molar-refractivity contribution in [2.24, 2.45) is 0 Å². The third-order valence-electron chi connectivity index (χ3n) is 5.00. The molecule has 0 radical (unpaired) electrons. The molecule has 6 heteroatoms. The zero-order valence-corrected chi connectivity index (χ0v) is 16.9. The number of hydrogen-bond donors (Lipinski definition) is 1.